The van der Waals surface area contributed by atoms with Gasteiger partial charge in [0.25, 0.3) is 0 Å². The Balaban J connectivity index is 1.98. The standard InChI is InChI=1S/C20H21ClN6O/c1-13-18(15-4-2-3-14(9-22)17(15)21)26-16(10-28)19(25-13)27-7-5-20(11-23,12-24)6-8-27/h2-4,28H,5-8,10-11,23H2,1H3. The highest BCUT2D eigenvalue weighted by Crippen LogP contribution is 2.35. The van der Waals surface area contributed by atoms with Crippen molar-refractivity contribution in [1.29, 1.82) is 10.5 Å². The van der Waals surface area contributed by atoms with E-state index in [-0.39, 0.29) is 6.61 Å². The highest BCUT2D eigenvalue weighted by Gasteiger charge is 2.34. The number of rotatable bonds is 4. The summed E-state index contributed by atoms with van der Waals surface area (Å²) in [4.78, 5) is 11.3. The van der Waals surface area contributed by atoms with E-state index in [1.807, 2.05) is 11.8 Å². The number of aliphatic hydroxyl groups excluding tert-OH is 1. The van der Waals surface area contributed by atoms with Gasteiger partial charge in [-0.05, 0) is 25.8 Å². The molecule has 144 valence electrons. The summed E-state index contributed by atoms with van der Waals surface area (Å²) in [5.74, 6) is 0.611. The van der Waals surface area contributed by atoms with E-state index in [1.165, 1.54) is 0 Å². The average Bonchev–Trinajstić information content (AvgIpc) is 2.74. The van der Waals surface area contributed by atoms with E-state index >= 15 is 0 Å². The third-order valence-electron chi connectivity index (χ3n) is 5.29. The van der Waals surface area contributed by atoms with Crippen molar-refractivity contribution in [3.05, 3.63) is 40.2 Å². The van der Waals surface area contributed by atoms with Crippen LogP contribution in [0.3, 0.4) is 0 Å². The lowest BCUT2D eigenvalue weighted by Crippen LogP contribution is -2.44. The predicted octanol–water partition coefficient (Wildman–Crippen LogP) is 2.54. The summed E-state index contributed by atoms with van der Waals surface area (Å²) in [7, 11) is 0. The maximum absolute atomic E-state index is 9.89. The lowest BCUT2D eigenvalue weighted by molar-refractivity contribution is 0.274. The Bertz CT molecular complexity index is 970. The molecule has 28 heavy (non-hydrogen) atoms. The topological polar surface area (TPSA) is 123 Å². The number of aliphatic hydroxyl groups is 1. The molecule has 0 bridgehead atoms. The number of aromatic nitrogens is 2. The SMILES string of the molecule is Cc1nc(N2CCC(C#N)(CN)CC2)c(CO)nc1-c1cccc(C#N)c1Cl. The minimum Gasteiger partial charge on any atom is -0.390 e. The molecule has 0 atom stereocenters. The smallest absolute Gasteiger partial charge is 0.153 e. The van der Waals surface area contributed by atoms with Crippen LogP contribution in [0.1, 0.15) is 29.8 Å². The molecule has 1 aliphatic heterocycles. The zero-order valence-corrected chi connectivity index (χ0v) is 16.4. The molecule has 2 heterocycles. The number of nitriles is 2. The molecule has 1 aliphatic rings. The van der Waals surface area contributed by atoms with E-state index in [9.17, 15) is 15.6 Å². The van der Waals surface area contributed by atoms with Crippen LogP contribution in [-0.4, -0.2) is 34.7 Å². The zero-order chi connectivity index (χ0) is 20.3. The van der Waals surface area contributed by atoms with E-state index < -0.39 is 5.41 Å². The van der Waals surface area contributed by atoms with Crippen LogP contribution < -0.4 is 10.6 Å². The number of benzene rings is 1. The van der Waals surface area contributed by atoms with Gasteiger partial charge in [0.2, 0.25) is 0 Å². The summed E-state index contributed by atoms with van der Waals surface area (Å²) in [6, 6.07) is 9.58. The van der Waals surface area contributed by atoms with E-state index in [0.29, 0.717) is 71.5 Å². The van der Waals surface area contributed by atoms with Crippen LogP contribution in [-0.2, 0) is 6.61 Å². The van der Waals surface area contributed by atoms with Crippen LogP contribution >= 0.6 is 11.6 Å². The van der Waals surface area contributed by atoms with Gasteiger partial charge < -0.3 is 15.7 Å². The molecule has 3 N–H and O–H groups in total. The summed E-state index contributed by atoms with van der Waals surface area (Å²) < 4.78 is 0. The number of aryl methyl sites for hydroxylation is 1. The molecule has 0 unspecified atom stereocenters. The van der Waals surface area contributed by atoms with Gasteiger partial charge in [0.05, 0.1) is 40.1 Å². The van der Waals surface area contributed by atoms with Gasteiger partial charge in [-0.1, -0.05) is 23.7 Å². The quantitative estimate of drug-likeness (QED) is 0.813. The first-order valence-corrected chi connectivity index (χ1v) is 9.40. The highest BCUT2D eigenvalue weighted by atomic mass is 35.5. The third kappa shape index (κ3) is 3.53. The van der Waals surface area contributed by atoms with Crippen molar-refractivity contribution in [2.24, 2.45) is 11.1 Å². The summed E-state index contributed by atoms with van der Waals surface area (Å²) in [5, 5.41) is 28.8. The molecule has 0 amide bonds. The second kappa shape index (κ2) is 8.12. The zero-order valence-electron chi connectivity index (χ0n) is 15.6. The normalized spacial score (nSPS) is 15.7. The molecule has 7 nitrogen and oxygen atoms in total. The summed E-state index contributed by atoms with van der Waals surface area (Å²) in [6.45, 7) is 3.13. The predicted molar refractivity (Wildman–Crippen MR) is 106 cm³/mol. The van der Waals surface area contributed by atoms with Gasteiger partial charge in [0.15, 0.2) is 5.82 Å². The summed E-state index contributed by atoms with van der Waals surface area (Å²) >= 11 is 6.36. The molecule has 0 saturated carbocycles. The molecule has 1 aromatic heterocycles. The highest BCUT2D eigenvalue weighted by molar-refractivity contribution is 6.34. The van der Waals surface area contributed by atoms with Gasteiger partial charge in [-0.3, -0.25) is 0 Å². The van der Waals surface area contributed by atoms with Crippen molar-refractivity contribution in [3.63, 3.8) is 0 Å². The Morgan fingerprint density at radius 3 is 2.57 bits per heavy atom. The van der Waals surface area contributed by atoms with E-state index in [4.69, 9.17) is 17.3 Å². The van der Waals surface area contributed by atoms with Crippen LogP contribution in [0.5, 0.6) is 0 Å². The monoisotopic (exact) mass is 396 g/mol. The molecule has 1 saturated heterocycles. The van der Waals surface area contributed by atoms with Crippen molar-refractivity contribution in [1.82, 2.24) is 9.97 Å². The lowest BCUT2D eigenvalue weighted by atomic mass is 9.80. The molecular formula is C20H21ClN6O. The Morgan fingerprint density at radius 1 is 1.29 bits per heavy atom. The summed E-state index contributed by atoms with van der Waals surface area (Å²) in [6.07, 6.45) is 1.28. The maximum atomic E-state index is 9.89. The fraction of sp³-hybridized carbons (Fsp3) is 0.400. The van der Waals surface area contributed by atoms with Gasteiger partial charge in [0.1, 0.15) is 11.8 Å². The number of anilines is 1. The molecule has 1 aromatic carbocycles. The van der Waals surface area contributed by atoms with Crippen molar-refractivity contribution in [2.45, 2.75) is 26.4 Å². The molecule has 3 rings (SSSR count). The number of halogens is 1. The first-order chi connectivity index (χ1) is 13.5. The van der Waals surface area contributed by atoms with Gasteiger partial charge >= 0.3 is 0 Å². The van der Waals surface area contributed by atoms with Crippen LogP contribution in [0.25, 0.3) is 11.3 Å². The van der Waals surface area contributed by atoms with Gasteiger partial charge in [-0.25, -0.2) is 9.97 Å². The summed E-state index contributed by atoms with van der Waals surface area (Å²) in [5.41, 5.74) is 7.90. The first-order valence-electron chi connectivity index (χ1n) is 9.02. The minimum atomic E-state index is -0.496. The third-order valence-corrected chi connectivity index (χ3v) is 5.70. The maximum Gasteiger partial charge on any atom is 0.153 e. The Kier molecular flexibility index (Phi) is 5.81. The van der Waals surface area contributed by atoms with Crippen molar-refractivity contribution in [3.8, 4) is 23.4 Å². The Hall–Kier alpha value is -2.71. The molecule has 0 radical (unpaired) electrons. The number of piperidine rings is 1. The van der Waals surface area contributed by atoms with Gasteiger partial charge in [0, 0.05) is 25.2 Å². The minimum absolute atomic E-state index is 0.276. The molecule has 0 spiro atoms. The lowest BCUT2D eigenvalue weighted by Gasteiger charge is -2.37. The van der Waals surface area contributed by atoms with E-state index in [1.54, 1.807) is 18.2 Å². The second-order valence-electron chi connectivity index (χ2n) is 6.95. The average molecular weight is 397 g/mol. The van der Waals surface area contributed by atoms with Gasteiger partial charge in [-0.15, -0.1) is 0 Å². The van der Waals surface area contributed by atoms with Crippen LogP contribution in [0.4, 0.5) is 5.82 Å². The second-order valence-corrected chi connectivity index (χ2v) is 7.33. The van der Waals surface area contributed by atoms with Crippen molar-refractivity contribution >= 4 is 17.4 Å². The van der Waals surface area contributed by atoms with Crippen LogP contribution in [0, 0.1) is 35.0 Å². The molecule has 8 heteroatoms. The Labute approximate surface area is 169 Å². The fourth-order valence-electron chi connectivity index (χ4n) is 3.47. The molecular weight excluding hydrogens is 376 g/mol. The number of hydrogen-bond acceptors (Lipinski definition) is 7. The van der Waals surface area contributed by atoms with E-state index in [0.717, 1.165) is 0 Å². The molecule has 2 aromatic rings. The molecule has 1 fully saturated rings. The van der Waals surface area contributed by atoms with Crippen molar-refractivity contribution in [2.75, 3.05) is 24.5 Å². The number of nitrogens with two attached hydrogens (primary N) is 1. The fourth-order valence-corrected chi connectivity index (χ4v) is 3.72. The largest absolute Gasteiger partial charge is 0.390 e. The first kappa shape index (κ1) is 20.0. The van der Waals surface area contributed by atoms with Crippen LogP contribution in [0.15, 0.2) is 18.2 Å². The number of hydrogen-bond donors (Lipinski definition) is 2. The molecule has 0 aliphatic carbocycles. The van der Waals surface area contributed by atoms with Crippen molar-refractivity contribution < 1.29 is 5.11 Å². The van der Waals surface area contributed by atoms with E-state index in [2.05, 4.69) is 22.1 Å². The van der Waals surface area contributed by atoms with Crippen LogP contribution in [0.2, 0.25) is 5.02 Å². The number of nitrogens with zero attached hydrogens (tertiary/aromatic N) is 5. The Morgan fingerprint density at radius 2 is 2.00 bits per heavy atom. The van der Waals surface area contributed by atoms with Gasteiger partial charge in [-0.2, -0.15) is 10.5 Å².